The van der Waals surface area contributed by atoms with Gasteiger partial charge in [-0.25, -0.2) is 0 Å². The fourth-order valence-electron chi connectivity index (χ4n) is 1.07. The molecule has 0 unspecified atom stereocenters. The third-order valence-corrected chi connectivity index (χ3v) is 2.61. The van der Waals surface area contributed by atoms with Crippen molar-refractivity contribution in [2.75, 3.05) is 13.1 Å². The van der Waals surface area contributed by atoms with Gasteiger partial charge in [-0.05, 0) is 11.4 Å². The van der Waals surface area contributed by atoms with Crippen molar-refractivity contribution >= 4 is 11.3 Å². The van der Waals surface area contributed by atoms with E-state index in [2.05, 4.69) is 42.0 Å². The van der Waals surface area contributed by atoms with Crippen LogP contribution in [0.25, 0.3) is 0 Å². The summed E-state index contributed by atoms with van der Waals surface area (Å²) in [5.74, 6) is 0. The van der Waals surface area contributed by atoms with Crippen LogP contribution in [0.3, 0.4) is 0 Å². The van der Waals surface area contributed by atoms with Crippen molar-refractivity contribution < 1.29 is 0 Å². The molecule has 0 aliphatic carbocycles. The predicted molar refractivity (Wildman–Crippen MR) is 59.2 cm³/mol. The van der Waals surface area contributed by atoms with Gasteiger partial charge in [-0.15, -0.1) is 11.3 Å². The minimum absolute atomic E-state index is 0.587. The van der Waals surface area contributed by atoms with E-state index in [0.717, 1.165) is 19.6 Å². The van der Waals surface area contributed by atoms with Gasteiger partial charge < -0.3 is 10.6 Å². The van der Waals surface area contributed by atoms with Crippen LogP contribution in [0.2, 0.25) is 0 Å². The minimum atomic E-state index is 0.587. The van der Waals surface area contributed by atoms with E-state index >= 15 is 0 Å². The van der Waals surface area contributed by atoms with Crippen LogP contribution in [0.4, 0.5) is 0 Å². The van der Waals surface area contributed by atoms with Gasteiger partial charge in [0.05, 0.1) is 0 Å². The van der Waals surface area contributed by atoms with E-state index in [9.17, 15) is 0 Å². The molecule has 74 valence electrons. The van der Waals surface area contributed by atoms with Crippen LogP contribution < -0.4 is 10.6 Å². The number of rotatable bonds is 6. The van der Waals surface area contributed by atoms with Crippen molar-refractivity contribution in [3.05, 3.63) is 22.4 Å². The molecule has 0 fully saturated rings. The van der Waals surface area contributed by atoms with Crippen LogP contribution in [0.1, 0.15) is 18.7 Å². The Hall–Kier alpha value is -0.380. The zero-order valence-electron chi connectivity index (χ0n) is 8.34. The molecule has 3 heteroatoms. The third kappa shape index (κ3) is 5.03. The molecular formula is C10H18N2S. The van der Waals surface area contributed by atoms with Crippen LogP contribution in [0.5, 0.6) is 0 Å². The van der Waals surface area contributed by atoms with E-state index in [1.165, 1.54) is 4.88 Å². The molecular weight excluding hydrogens is 180 g/mol. The van der Waals surface area contributed by atoms with E-state index in [1.807, 2.05) is 0 Å². The zero-order valence-corrected chi connectivity index (χ0v) is 9.16. The minimum Gasteiger partial charge on any atom is -0.313 e. The molecule has 0 aromatic carbocycles. The molecule has 0 atom stereocenters. The normalized spacial score (nSPS) is 11.0. The molecule has 0 amide bonds. The summed E-state index contributed by atoms with van der Waals surface area (Å²) in [6.45, 7) is 7.41. The van der Waals surface area contributed by atoms with E-state index < -0.39 is 0 Å². The highest BCUT2D eigenvalue weighted by Crippen LogP contribution is 2.06. The van der Waals surface area contributed by atoms with Crippen molar-refractivity contribution in [1.29, 1.82) is 0 Å². The lowest BCUT2D eigenvalue weighted by atomic mass is 10.4. The Morgan fingerprint density at radius 3 is 2.85 bits per heavy atom. The number of hydrogen-bond acceptors (Lipinski definition) is 3. The molecule has 1 rings (SSSR count). The van der Waals surface area contributed by atoms with E-state index in [1.54, 1.807) is 11.3 Å². The first kappa shape index (κ1) is 10.7. The second-order valence-corrected chi connectivity index (χ2v) is 4.40. The molecule has 1 aromatic heterocycles. The first-order chi connectivity index (χ1) is 6.29. The summed E-state index contributed by atoms with van der Waals surface area (Å²) in [5, 5.41) is 8.87. The van der Waals surface area contributed by atoms with Gasteiger partial charge in [0.2, 0.25) is 0 Å². The van der Waals surface area contributed by atoms with Crippen LogP contribution >= 0.6 is 11.3 Å². The topological polar surface area (TPSA) is 24.1 Å². The summed E-state index contributed by atoms with van der Waals surface area (Å²) in [4.78, 5) is 1.41. The van der Waals surface area contributed by atoms with Crippen molar-refractivity contribution in [3.63, 3.8) is 0 Å². The van der Waals surface area contributed by atoms with Gasteiger partial charge >= 0.3 is 0 Å². The molecule has 1 heterocycles. The Bertz CT molecular complexity index is 207. The van der Waals surface area contributed by atoms with Crippen LogP contribution in [0.15, 0.2) is 17.5 Å². The molecule has 0 saturated heterocycles. The van der Waals surface area contributed by atoms with Gasteiger partial charge in [-0.2, -0.15) is 0 Å². The Morgan fingerprint density at radius 2 is 2.23 bits per heavy atom. The fraction of sp³-hybridized carbons (Fsp3) is 0.600. The molecule has 2 nitrogen and oxygen atoms in total. The van der Waals surface area contributed by atoms with Crippen LogP contribution in [0, 0.1) is 0 Å². The van der Waals surface area contributed by atoms with Gasteiger partial charge in [0, 0.05) is 30.6 Å². The average Bonchev–Trinajstić information content (AvgIpc) is 2.55. The first-order valence-electron chi connectivity index (χ1n) is 4.75. The summed E-state index contributed by atoms with van der Waals surface area (Å²) in [5.41, 5.74) is 0. The Morgan fingerprint density at radius 1 is 1.38 bits per heavy atom. The smallest absolute Gasteiger partial charge is 0.0300 e. The average molecular weight is 198 g/mol. The van der Waals surface area contributed by atoms with Crippen molar-refractivity contribution in [3.8, 4) is 0 Å². The summed E-state index contributed by atoms with van der Waals surface area (Å²) < 4.78 is 0. The number of nitrogens with one attached hydrogen (secondary N) is 2. The molecule has 13 heavy (non-hydrogen) atoms. The maximum absolute atomic E-state index is 3.39. The van der Waals surface area contributed by atoms with E-state index in [-0.39, 0.29) is 0 Å². The maximum atomic E-state index is 3.39. The Kier molecular flexibility index (Phi) is 5.05. The van der Waals surface area contributed by atoms with Gasteiger partial charge in [0.1, 0.15) is 0 Å². The van der Waals surface area contributed by atoms with Crippen LogP contribution in [-0.2, 0) is 6.54 Å². The lowest BCUT2D eigenvalue weighted by Crippen LogP contribution is -2.31. The Balaban J connectivity index is 1.96. The SMILES string of the molecule is CC(C)NCCNCc1cccs1. The monoisotopic (exact) mass is 198 g/mol. The summed E-state index contributed by atoms with van der Waals surface area (Å²) in [6, 6.07) is 4.84. The largest absolute Gasteiger partial charge is 0.313 e. The molecule has 0 radical (unpaired) electrons. The van der Waals surface area contributed by atoms with Gasteiger partial charge in [-0.1, -0.05) is 19.9 Å². The van der Waals surface area contributed by atoms with E-state index in [0.29, 0.717) is 6.04 Å². The molecule has 0 spiro atoms. The van der Waals surface area contributed by atoms with Gasteiger partial charge in [0.15, 0.2) is 0 Å². The van der Waals surface area contributed by atoms with Crippen LogP contribution in [-0.4, -0.2) is 19.1 Å². The zero-order chi connectivity index (χ0) is 9.52. The second-order valence-electron chi connectivity index (χ2n) is 3.36. The lowest BCUT2D eigenvalue weighted by Gasteiger charge is -2.07. The quantitative estimate of drug-likeness (QED) is 0.682. The summed E-state index contributed by atoms with van der Waals surface area (Å²) in [7, 11) is 0. The molecule has 0 bridgehead atoms. The molecule has 1 aromatic rings. The molecule has 2 N–H and O–H groups in total. The summed E-state index contributed by atoms with van der Waals surface area (Å²) >= 11 is 1.80. The fourth-order valence-corrected chi connectivity index (χ4v) is 1.75. The standard InChI is InChI=1S/C10H18N2S/c1-9(2)12-6-5-11-8-10-4-3-7-13-10/h3-4,7,9,11-12H,5-6,8H2,1-2H3. The van der Waals surface area contributed by atoms with Crippen molar-refractivity contribution in [2.24, 2.45) is 0 Å². The Labute approximate surface area is 84.4 Å². The molecule has 0 saturated carbocycles. The summed E-state index contributed by atoms with van der Waals surface area (Å²) in [6.07, 6.45) is 0. The molecule has 0 aliphatic heterocycles. The molecule has 0 aliphatic rings. The second kappa shape index (κ2) is 6.13. The van der Waals surface area contributed by atoms with Gasteiger partial charge in [-0.3, -0.25) is 0 Å². The first-order valence-corrected chi connectivity index (χ1v) is 5.63. The highest BCUT2D eigenvalue weighted by atomic mass is 32.1. The number of thiophene rings is 1. The highest BCUT2D eigenvalue weighted by Gasteiger charge is 1.93. The predicted octanol–water partition coefficient (Wildman–Crippen LogP) is 1.84. The lowest BCUT2D eigenvalue weighted by molar-refractivity contribution is 0.557. The van der Waals surface area contributed by atoms with Gasteiger partial charge in [0.25, 0.3) is 0 Å². The van der Waals surface area contributed by atoms with E-state index in [4.69, 9.17) is 0 Å². The number of hydrogen-bond donors (Lipinski definition) is 2. The third-order valence-electron chi connectivity index (χ3n) is 1.73. The highest BCUT2D eigenvalue weighted by molar-refractivity contribution is 7.09. The maximum Gasteiger partial charge on any atom is 0.0300 e. The van der Waals surface area contributed by atoms with Crippen molar-refractivity contribution in [1.82, 2.24) is 10.6 Å². The van der Waals surface area contributed by atoms with Crippen molar-refractivity contribution in [2.45, 2.75) is 26.4 Å².